The van der Waals surface area contributed by atoms with Crippen LogP contribution >= 0.6 is 23.2 Å². The third-order valence-electron chi connectivity index (χ3n) is 3.64. The molecule has 0 bridgehead atoms. The fourth-order valence-corrected chi connectivity index (χ4v) is 3.03. The summed E-state index contributed by atoms with van der Waals surface area (Å²) in [5.74, 6) is 0. The number of rotatable bonds is 2. The topological polar surface area (TPSA) is 53.4 Å². The van der Waals surface area contributed by atoms with Crippen molar-refractivity contribution in [1.82, 2.24) is 4.98 Å². The number of hydrogen-bond acceptors (Lipinski definition) is 3. The van der Waals surface area contributed by atoms with Gasteiger partial charge in [-0.25, -0.2) is 4.98 Å². The highest BCUT2D eigenvalue weighted by Crippen LogP contribution is 2.38. The average molecular weight is 334 g/mol. The van der Waals surface area contributed by atoms with E-state index >= 15 is 0 Å². The molecule has 2 aromatic carbocycles. The summed E-state index contributed by atoms with van der Waals surface area (Å²) < 4.78 is 0. The lowest BCUT2D eigenvalue weighted by atomic mass is 9.97. The Balaban J connectivity index is 2.44. The van der Waals surface area contributed by atoms with Gasteiger partial charge in [0.2, 0.25) is 0 Å². The largest absolute Gasteiger partial charge is 0.364 e. The first-order valence-electron chi connectivity index (χ1n) is 6.70. The molecule has 0 unspecified atom stereocenters. The van der Waals surface area contributed by atoms with Crippen molar-refractivity contribution in [2.45, 2.75) is 13.2 Å². The molecule has 0 radical (unpaired) electrons. The summed E-state index contributed by atoms with van der Waals surface area (Å²) in [4.78, 5) is 4.62. The van der Waals surface area contributed by atoms with E-state index in [1.54, 1.807) is 19.1 Å². The highest BCUT2D eigenvalue weighted by Gasteiger charge is 2.20. The molecule has 22 heavy (non-hydrogen) atoms. The molecule has 0 atom stereocenters. The maximum Gasteiger partial charge on any atom is 0.179 e. The predicted molar refractivity (Wildman–Crippen MR) is 89.1 cm³/mol. The molecular weight excluding hydrogens is 321 g/mol. The molecule has 0 spiro atoms. The minimum atomic E-state index is -1.66. The van der Waals surface area contributed by atoms with Crippen LogP contribution in [-0.4, -0.2) is 15.2 Å². The average Bonchev–Trinajstić information content (AvgIpc) is 2.51. The molecule has 0 amide bonds. The SMILES string of the molecule is Cc1c(-c2ccccc2)nc2ccc(Cl)c(Cl)c2c1C(O)O. The Labute approximate surface area is 137 Å². The van der Waals surface area contributed by atoms with Gasteiger partial charge in [-0.3, -0.25) is 0 Å². The summed E-state index contributed by atoms with van der Waals surface area (Å²) >= 11 is 12.3. The molecule has 0 aliphatic heterocycles. The van der Waals surface area contributed by atoms with Gasteiger partial charge >= 0.3 is 0 Å². The van der Waals surface area contributed by atoms with Crippen molar-refractivity contribution in [2.24, 2.45) is 0 Å². The van der Waals surface area contributed by atoms with E-state index in [-0.39, 0.29) is 5.02 Å². The molecule has 0 saturated carbocycles. The fourth-order valence-electron chi connectivity index (χ4n) is 2.61. The third-order valence-corrected chi connectivity index (χ3v) is 4.44. The van der Waals surface area contributed by atoms with Crippen LogP contribution in [-0.2, 0) is 0 Å². The van der Waals surface area contributed by atoms with Gasteiger partial charge in [0.25, 0.3) is 0 Å². The summed E-state index contributed by atoms with van der Waals surface area (Å²) in [5, 5.41) is 20.7. The van der Waals surface area contributed by atoms with Gasteiger partial charge in [0, 0.05) is 16.5 Å². The van der Waals surface area contributed by atoms with Crippen molar-refractivity contribution in [3.8, 4) is 11.3 Å². The Morgan fingerprint density at radius 3 is 2.32 bits per heavy atom. The normalized spacial score (nSPS) is 11.4. The van der Waals surface area contributed by atoms with Crippen LogP contribution in [0, 0.1) is 6.92 Å². The lowest BCUT2D eigenvalue weighted by molar-refractivity contribution is -0.0417. The second-order valence-corrected chi connectivity index (χ2v) is 5.78. The summed E-state index contributed by atoms with van der Waals surface area (Å²) in [6.45, 7) is 1.79. The van der Waals surface area contributed by atoms with Gasteiger partial charge in [0.05, 0.1) is 21.3 Å². The van der Waals surface area contributed by atoms with E-state index < -0.39 is 6.29 Å². The van der Waals surface area contributed by atoms with E-state index in [1.807, 2.05) is 30.3 Å². The van der Waals surface area contributed by atoms with Crippen LogP contribution in [0.25, 0.3) is 22.2 Å². The molecule has 1 heterocycles. The summed E-state index contributed by atoms with van der Waals surface area (Å²) in [6.07, 6.45) is -1.66. The quantitative estimate of drug-likeness (QED) is 0.679. The van der Waals surface area contributed by atoms with E-state index in [0.717, 1.165) is 5.56 Å². The lowest BCUT2D eigenvalue weighted by Gasteiger charge is -2.17. The van der Waals surface area contributed by atoms with Crippen LogP contribution in [0.2, 0.25) is 10.0 Å². The third kappa shape index (κ3) is 2.46. The number of benzene rings is 2. The summed E-state index contributed by atoms with van der Waals surface area (Å²) in [6, 6.07) is 12.9. The first kappa shape index (κ1) is 15.3. The number of aromatic nitrogens is 1. The van der Waals surface area contributed by atoms with Gasteiger partial charge in [-0.15, -0.1) is 0 Å². The van der Waals surface area contributed by atoms with E-state index in [1.165, 1.54) is 0 Å². The summed E-state index contributed by atoms with van der Waals surface area (Å²) in [7, 11) is 0. The molecule has 112 valence electrons. The molecular formula is C17H13Cl2NO2. The highest BCUT2D eigenvalue weighted by molar-refractivity contribution is 6.45. The van der Waals surface area contributed by atoms with Crippen LogP contribution in [0.15, 0.2) is 42.5 Å². The number of fused-ring (bicyclic) bond motifs is 1. The van der Waals surface area contributed by atoms with Crippen LogP contribution < -0.4 is 0 Å². The maximum atomic E-state index is 9.82. The first-order valence-corrected chi connectivity index (χ1v) is 7.46. The van der Waals surface area contributed by atoms with Crippen LogP contribution in [0.4, 0.5) is 0 Å². The van der Waals surface area contributed by atoms with Crippen LogP contribution in [0.3, 0.4) is 0 Å². The van der Waals surface area contributed by atoms with Crippen LogP contribution in [0.5, 0.6) is 0 Å². The Morgan fingerprint density at radius 2 is 1.68 bits per heavy atom. The van der Waals surface area contributed by atoms with Gasteiger partial charge in [0.1, 0.15) is 0 Å². The molecule has 0 aliphatic carbocycles. The molecule has 3 rings (SSSR count). The van der Waals surface area contributed by atoms with E-state index in [9.17, 15) is 10.2 Å². The summed E-state index contributed by atoms with van der Waals surface area (Å²) in [5.41, 5.74) is 3.15. The standard InChI is InChI=1S/C17H13Cl2NO2/c1-9-13(17(21)22)14-12(8-7-11(18)15(14)19)20-16(9)10-5-3-2-4-6-10/h2-8,17,21-22H,1H3. The highest BCUT2D eigenvalue weighted by atomic mass is 35.5. The number of aliphatic hydroxyl groups excluding tert-OH is 1. The zero-order valence-corrected chi connectivity index (χ0v) is 13.2. The van der Waals surface area contributed by atoms with Gasteiger partial charge in [-0.1, -0.05) is 53.5 Å². The monoisotopic (exact) mass is 333 g/mol. The Morgan fingerprint density at radius 1 is 1.00 bits per heavy atom. The number of pyridine rings is 1. The molecule has 0 fully saturated rings. The molecule has 5 heteroatoms. The predicted octanol–water partition coefficient (Wildman–Crippen LogP) is 4.50. The smallest absolute Gasteiger partial charge is 0.179 e. The number of halogens is 2. The number of hydrogen-bond donors (Lipinski definition) is 2. The van der Waals surface area contributed by atoms with Crippen molar-refractivity contribution in [3.63, 3.8) is 0 Å². The molecule has 2 N–H and O–H groups in total. The molecule has 1 aromatic heterocycles. The van der Waals surface area contributed by atoms with Gasteiger partial charge in [-0.2, -0.15) is 0 Å². The first-order chi connectivity index (χ1) is 10.5. The van der Waals surface area contributed by atoms with E-state index in [4.69, 9.17) is 23.2 Å². The number of nitrogens with zero attached hydrogens (tertiary/aromatic N) is 1. The second-order valence-electron chi connectivity index (χ2n) is 4.99. The molecule has 0 saturated heterocycles. The van der Waals surface area contributed by atoms with Crippen molar-refractivity contribution in [1.29, 1.82) is 0 Å². The zero-order valence-electron chi connectivity index (χ0n) is 11.7. The lowest BCUT2D eigenvalue weighted by Crippen LogP contribution is -2.04. The zero-order chi connectivity index (χ0) is 15.9. The number of aliphatic hydroxyl groups is 2. The van der Waals surface area contributed by atoms with Crippen molar-refractivity contribution >= 4 is 34.1 Å². The second kappa shape index (κ2) is 5.86. The molecule has 3 aromatic rings. The van der Waals surface area contributed by atoms with Crippen molar-refractivity contribution < 1.29 is 10.2 Å². The van der Waals surface area contributed by atoms with Crippen molar-refractivity contribution in [2.75, 3.05) is 0 Å². The fraction of sp³-hybridized carbons (Fsp3) is 0.118. The Hall–Kier alpha value is -1.65. The Bertz CT molecular complexity index is 848. The minimum Gasteiger partial charge on any atom is -0.364 e. The van der Waals surface area contributed by atoms with Gasteiger partial charge in [0.15, 0.2) is 6.29 Å². The molecule has 0 aliphatic rings. The van der Waals surface area contributed by atoms with Crippen LogP contribution in [0.1, 0.15) is 17.4 Å². The molecule has 3 nitrogen and oxygen atoms in total. The van der Waals surface area contributed by atoms with Gasteiger partial charge < -0.3 is 10.2 Å². The van der Waals surface area contributed by atoms with Gasteiger partial charge in [-0.05, 0) is 24.6 Å². The van der Waals surface area contributed by atoms with E-state index in [2.05, 4.69) is 4.98 Å². The van der Waals surface area contributed by atoms with Crippen molar-refractivity contribution in [3.05, 3.63) is 63.6 Å². The maximum absolute atomic E-state index is 9.82. The van der Waals surface area contributed by atoms with E-state index in [0.29, 0.717) is 32.7 Å². The Kier molecular flexibility index (Phi) is 4.06. The minimum absolute atomic E-state index is 0.275.